The number of nitrogens with zero attached hydrogens (tertiary/aromatic N) is 2. The number of primary amides is 1. The zero-order valence-electron chi connectivity index (χ0n) is 21.7. The fourth-order valence-electron chi connectivity index (χ4n) is 6.65. The van der Waals surface area contributed by atoms with Gasteiger partial charge < -0.3 is 31.5 Å². The minimum absolute atomic E-state index is 0.0147. The largest absolute Gasteiger partial charge is 0.508 e. The van der Waals surface area contributed by atoms with Crippen molar-refractivity contribution in [2.24, 2.45) is 17.6 Å². The predicted molar refractivity (Wildman–Crippen MR) is 139 cm³/mol. The molecule has 7 N–H and O–H groups in total. The molecule has 12 heteroatoms. The van der Waals surface area contributed by atoms with Crippen molar-refractivity contribution in [2.75, 3.05) is 39.0 Å². The van der Waals surface area contributed by atoms with E-state index in [2.05, 4.69) is 5.32 Å². The number of likely N-dealkylation sites (N-methyl/N-ethyl adjacent to an activating group) is 1. The molecule has 1 aliphatic heterocycles. The zero-order valence-corrected chi connectivity index (χ0v) is 21.7. The first kappa shape index (κ1) is 26.9. The van der Waals surface area contributed by atoms with Gasteiger partial charge in [0.15, 0.2) is 11.4 Å². The molecule has 1 heterocycles. The van der Waals surface area contributed by atoms with Crippen LogP contribution in [0, 0.1) is 11.8 Å². The normalized spacial score (nSPS) is 28.9. The number of benzene rings is 1. The van der Waals surface area contributed by atoms with E-state index in [9.17, 15) is 39.6 Å². The van der Waals surface area contributed by atoms with Gasteiger partial charge in [0, 0.05) is 11.5 Å². The van der Waals surface area contributed by atoms with Crippen LogP contribution in [0.1, 0.15) is 30.4 Å². The molecule has 4 atom stereocenters. The van der Waals surface area contributed by atoms with E-state index in [4.69, 9.17) is 5.73 Å². The lowest BCUT2D eigenvalue weighted by molar-refractivity contribution is -0.153. The van der Waals surface area contributed by atoms with Crippen LogP contribution in [0.3, 0.4) is 0 Å². The molecule has 2 unspecified atom stereocenters. The molecule has 0 spiro atoms. The molecule has 1 saturated heterocycles. The Kier molecular flexibility index (Phi) is 6.52. The van der Waals surface area contributed by atoms with Gasteiger partial charge in [-0.15, -0.1) is 0 Å². The van der Waals surface area contributed by atoms with Crippen molar-refractivity contribution < 1.29 is 39.6 Å². The summed E-state index contributed by atoms with van der Waals surface area (Å²) in [4.78, 5) is 55.0. The van der Waals surface area contributed by atoms with E-state index in [0.717, 1.165) is 25.9 Å². The molecule has 3 aliphatic carbocycles. The summed E-state index contributed by atoms with van der Waals surface area (Å²) in [6, 6.07) is 2.02. The number of carbonyl (C=O) groups is 4. The van der Waals surface area contributed by atoms with E-state index < -0.39 is 63.8 Å². The van der Waals surface area contributed by atoms with Gasteiger partial charge in [-0.3, -0.25) is 29.0 Å². The van der Waals surface area contributed by atoms with Crippen LogP contribution in [0.2, 0.25) is 0 Å². The molecule has 12 nitrogen and oxygen atoms in total. The van der Waals surface area contributed by atoms with Crippen molar-refractivity contribution in [3.05, 3.63) is 40.2 Å². The Balaban J connectivity index is 1.56. The second kappa shape index (κ2) is 9.47. The van der Waals surface area contributed by atoms with Crippen LogP contribution < -0.4 is 11.1 Å². The van der Waals surface area contributed by atoms with E-state index in [1.807, 2.05) is 4.90 Å². The summed E-state index contributed by atoms with van der Waals surface area (Å²) in [6.07, 6.45) is 2.22. The molecule has 2 fully saturated rings. The predicted octanol–water partition coefficient (Wildman–Crippen LogP) is -0.00170. The molecule has 1 aromatic carbocycles. The number of likely N-dealkylation sites (tertiary alicyclic amines) is 1. The monoisotopic (exact) mass is 540 g/mol. The number of ketones is 2. The van der Waals surface area contributed by atoms with Crippen LogP contribution >= 0.6 is 0 Å². The topological polar surface area (TPSA) is 194 Å². The standard InChI is InChI=1S/C27H32N4O8/c1-30(2)20-14-10-13-9-12-5-6-15(29-16(32)11-31-7-3-4-8-31)21(33)17(12)22(34)18(13)24(36)27(14,39)25(37)19(23(20)35)26(28)38/h5-6,13-14,20,33-34,37,39H,3-4,7-11H2,1-2H3,(H2,28,38)(H,29,32)/t13?,14?,20-,27-/m0/s1. The van der Waals surface area contributed by atoms with E-state index >= 15 is 0 Å². The van der Waals surface area contributed by atoms with Crippen LogP contribution in [0.5, 0.6) is 5.75 Å². The third-order valence-electron chi connectivity index (χ3n) is 8.43. The van der Waals surface area contributed by atoms with Crippen molar-refractivity contribution in [1.82, 2.24) is 9.80 Å². The number of anilines is 1. The number of aromatic hydroxyl groups is 1. The lowest BCUT2D eigenvalue weighted by Crippen LogP contribution is -2.65. The number of phenols is 1. The van der Waals surface area contributed by atoms with Gasteiger partial charge in [0.2, 0.25) is 11.7 Å². The van der Waals surface area contributed by atoms with Crippen molar-refractivity contribution in [3.63, 3.8) is 0 Å². The van der Waals surface area contributed by atoms with Crippen LogP contribution in [0.15, 0.2) is 29.0 Å². The summed E-state index contributed by atoms with van der Waals surface area (Å²) in [5.74, 6) is -7.45. The molecule has 1 aromatic rings. The number of carbonyl (C=O) groups excluding carboxylic acids is 4. The Morgan fingerprint density at radius 1 is 1.15 bits per heavy atom. The number of hydrogen-bond acceptors (Lipinski definition) is 10. The van der Waals surface area contributed by atoms with Crippen molar-refractivity contribution >= 4 is 34.8 Å². The Bertz CT molecular complexity index is 1360. The third kappa shape index (κ3) is 4.01. The van der Waals surface area contributed by atoms with Crippen LogP contribution in [-0.4, -0.2) is 99.0 Å². The van der Waals surface area contributed by atoms with Crippen molar-refractivity contribution in [1.29, 1.82) is 0 Å². The first-order valence-corrected chi connectivity index (χ1v) is 12.9. The summed E-state index contributed by atoms with van der Waals surface area (Å²) in [7, 11) is 3.09. The highest BCUT2D eigenvalue weighted by molar-refractivity contribution is 6.24. The average molecular weight is 541 g/mol. The molecule has 39 heavy (non-hydrogen) atoms. The lowest BCUT2D eigenvalue weighted by Gasteiger charge is -2.50. The van der Waals surface area contributed by atoms with Crippen LogP contribution in [-0.2, 0) is 25.6 Å². The minimum atomic E-state index is -2.69. The maximum Gasteiger partial charge on any atom is 0.255 e. The SMILES string of the molecule is CN(C)[C@@H]1C(=O)C(C(N)=O)=C(O)[C@@]2(O)C(=O)C3=C(O)c4c(ccc(NC(=O)CN5CCCC5)c4O)CC3CC12. The third-order valence-corrected chi connectivity index (χ3v) is 8.43. The second-order valence-corrected chi connectivity index (χ2v) is 11.0. The summed E-state index contributed by atoms with van der Waals surface area (Å²) in [5, 5.41) is 47.5. The Hall–Kier alpha value is -3.74. The van der Waals surface area contributed by atoms with Crippen LogP contribution in [0.4, 0.5) is 5.69 Å². The van der Waals surface area contributed by atoms with E-state index in [0.29, 0.717) is 5.56 Å². The highest BCUT2D eigenvalue weighted by Crippen LogP contribution is 2.53. The Morgan fingerprint density at radius 2 is 1.82 bits per heavy atom. The number of nitrogens with one attached hydrogen (secondary N) is 1. The van der Waals surface area contributed by atoms with Gasteiger partial charge in [-0.1, -0.05) is 6.07 Å². The number of amides is 2. The van der Waals surface area contributed by atoms with Gasteiger partial charge in [-0.05, 0) is 70.4 Å². The fraction of sp³-hybridized carbons (Fsp3) is 0.481. The van der Waals surface area contributed by atoms with Gasteiger partial charge in [0.1, 0.15) is 22.8 Å². The maximum atomic E-state index is 13.9. The number of rotatable bonds is 5. The van der Waals surface area contributed by atoms with E-state index in [1.165, 1.54) is 11.0 Å². The molecule has 208 valence electrons. The molecule has 0 aromatic heterocycles. The molecular weight excluding hydrogens is 508 g/mol. The first-order valence-electron chi connectivity index (χ1n) is 12.9. The number of aliphatic hydroxyl groups is 3. The number of hydrogen-bond donors (Lipinski definition) is 6. The van der Waals surface area contributed by atoms with Gasteiger partial charge in [0.25, 0.3) is 5.91 Å². The zero-order chi connectivity index (χ0) is 28.4. The minimum Gasteiger partial charge on any atom is -0.508 e. The Labute approximate surface area is 224 Å². The summed E-state index contributed by atoms with van der Waals surface area (Å²) in [5.41, 5.74) is 2.05. The maximum absolute atomic E-state index is 13.9. The number of fused-ring (bicyclic) bond motifs is 3. The summed E-state index contributed by atoms with van der Waals surface area (Å²) >= 11 is 0. The number of nitrogens with two attached hydrogens (primary N) is 1. The summed E-state index contributed by atoms with van der Waals surface area (Å²) in [6.45, 7) is 1.77. The lowest BCUT2D eigenvalue weighted by atomic mass is 9.57. The van der Waals surface area contributed by atoms with Crippen molar-refractivity contribution in [3.8, 4) is 5.75 Å². The molecule has 0 radical (unpaired) electrons. The fourth-order valence-corrected chi connectivity index (χ4v) is 6.65. The molecular formula is C27H32N4O8. The molecule has 5 rings (SSSR count). The molecule has 2 amide bonds. The smallest absolute Gasteiger partial charge is 0.255 e. The average Bonchev–Trinajstić information content (AvgIpc) is 3.35. The quantitative estimate of drug-likeness (QED) is 0.219. The Morgan fingerprint density at radius 3 is 2.44 bits per heavy atom. The highest BCUT2D eigenvalue weighted by Gasteiger charge is 2.64. The number of aliphatic hydroxyl groups excluding tert-OH is 2. The van der Waals surface area contributed by atoms with Gasteiger partial charge in [0.05, 0.1) is 23.8 Å². The van der Waals surface area contributed by atoms with Crippen molar-refractivity contribution in [2.45, 2.75) is 37.3 Å². The molecule has 4 aliphatic rings. The molecule has 0 bridgehead atoms. The number of phenolic OH excluding ortho intramolecular Hbond substituents is 1. The highest BCUT2D eigenvalue weighted by atomic mass is 16.3. The second-order valence-electron chi connectivity index (χ2n) is 11.0. The van der Waals surface area contributed by atoms with Gasteiger partial charge in [-0.25, -0.2) is 0 Å². The van der Waals surface area contributed by atoms with E-state index in [-0.39, 0.29) is 42.1 Å². The van der Waals surface area contributed by atoms with E-state index in [1.54, 1.807) is 20.2 Å². The molecule has 1 saturated carbocycles. The number of Topliss-reactive ketones (excluding diaryl/α,β-unsaturated/α-hetero) is 2. The summed E-state index contributed by atoms with van der Waals surface area (Å²) < 4.78 is 0. The van der Waals surface area contributed by atoms with Gasteiger partial charge in [-0.2, -0.15) is 0 Å². The van der Waals surface area contributed by atoms with Gasteiger partial charge >= 0.3 is 0 Å². The first-order chi connectivity index (χ1) is 18.4. The van der Waals surface area contributed by atoms with Crippen LogP contribution in [0.25, 0.3) is 5.76 Å².